The molecule has 132 valence electrons. The highest BCUT2D eigenvalue weighted by atomic mass is 127. The molecule has 4 nitrogen and oxygen atoms in total. The molecule has 2 N–H and O–H groups in total. The lowest BCUT2D eigenvalue weighted by Gasteiger charge is -2.26. The molecule has 0 saturated heterocycles. The zero-order chi connectivity index (χ0) is 15.5. The summed E-state index contributed by atoms with van der Waals surface area (Å²) < 4.78 is 5.40. The fourth-order valence-corrected chi connectivity index (χ4v) is 4.39. The summed E-state index contributed by atoms with van der Waals surface area (Å²) in [5.41, 5.74) is 0. The fourth-order valence-electron chi connectivity index (χ4n) is 4.39. The van der Waals surface area contributed by atoms with Gasteiger partial charge >= 0.3 is 0 Å². The Kier molecular flexibility index (Phi) is 6.25. The maximum atomic E-state index is 5.40. The van der Waals surface area contributed by atoms with E-state index in [0.29, 0.717) is 12.1 Å². The Morgan fingerprint density at radius 1 is 1.17 bits per heavy atom. The van der Waals surface area contributed by atoms with Gasteiger partial charge in [0, 0.05) is 25.0 Å². The predicted octanol–water partition coefficient (Wildman–Crippen LogP) is 3.88. The van der Waals surface area contributed by atoms with Crippen molar-refractivity contribution < 1.29 is 4.42 Å². The smallest absolute Gasteiger partial charge is 0.191 e. The molecule has 1 heterocycles. The number of fused-ring (bicyclic) bond motifs is 2. The van der Waals surface area contributed by atoms with E-state index in [0.717, 1.165) is 49.4 Å². The fraction of sp³-hybridized carbons (Fsp3) is 0.632. The number of nitrogens with zero attached hydrogens (tertiary/aromatic N) is 1. The van der Waals surface area contributed by atoms with E-state index in [9.17, 15) is 0 Å². The lowest BCUT2D eigenvalue weighted by atomic mass is 9.95. The number of furan rings is 1. The molecule has 5 heteroatoms. The summed E-state index contributed by atoms with van der Waals surface area (Å²) in [5, 5.41) is 7.36. The Balaban J connectivity index is 0.00000169. The van der Waals surface area contributed by atoms with E-state index in [2.05, 4.69) is 22.8 Å². The SMILES string of the molecule is C1=CCC(NC(=NCCc2ccco2)NC2CC3CCC2C3)C1.I. The molecule has 0 aliphatic heterocycles. The molecule has 24 heavy (non-hydrogen) atoms. The van der Waals surface area contributed by atoms with Crippen molar-refractivity contribution in [2.45, 2.75) is 57.0 Å². The van der Waals surface area contributed by atoms with E-state index in [1.54, 1.807) is 6.26 Å². The summed E-state index contributed by atoms with van der Waals surface area (Å²) >= 11 is 0. The lowest BCUT2D eigenvalue weighted by molar-refractivity contribution is 0.385. The standard InChI is InChI=1S/C19H27N3O.HI/c1-2-5-16(4-1)21-19(20-10-9-17-6-3-11-23-17)22-18-13-14-7-8-15(18)12-14;/h1-3,6,11,14-16,18H,4-5,7-10,12-13H2,(H2,20,21,22);1H. The average Bonchev–Trinajstić information content (AvgIpc) is 3.33. The second-order valence-electron chi connectivity index (χ2n) is 7.27. The third-order valence-electron chi connectivity index (χ3n) is 5.62. The van der Waals surface area contributed by atoms with Crippen LogP contribution >= 0.6 is 24.0 Å². The highest BCUT2D eigenvalue weighted by Gasteiger charge is 2.39. The van der Waals surface area contributed by atoms with Gasteiger partial charge < -0.3 is 15.1 Å². The van der Waals surface area contributed by atoms with Crippen LogP contribution in [-0.2, 0) is 6.42 Å². The van der Waals surface area contributed by atoms with Gasteiger partial charge in [0.15, 0.2) is 5.96 Å². The average molecular weight is 441 g/mol. The highest BCUT2D eigenvalue weighted by molar-refractivity contribution is 14.0. The third-order valence-corrected chi connectivity index (χ3v) is 5.62. The van der Waals surface area contributed by atoms with Crippen molar-refractivity contribution in [1.82, 2.24) is 10.6 Å². The number of halogens is 1. The molecular formula is C19H28IN3O. The van der Waals surface area contributed by atoms with Gasteiger partial charge in [-0.3, -0.25) is 4.99 Å². The van der Waals surface area contributed by atoms with Gasteiger partial charge in [-0.1, -0.05) is 18.6 Å². The van der Waals surface area contributed by atoms with Crippen LogP contribution in [-0.4, -0.2) is 24.6 Å². The number of aliphatic imine (C=N–C) groups is 1. The predicted molar refractivity (Wildman–Crippen MR) is 108 cm³/mol. The molecule has 0 amide bonds. The Bertz CT molecular complexity index is 561. The van der Waals surface area contributed by atoms with Crippen LogP contribution in [0.1, 0.15) is 44.3 Å². The molecule has 2 fully saturated rings. The van der Waals surface area contributed by atoms with Crippen molar-refractivity contribution in [2.75, 3.05) is 6.54 Å². The first-order valence-corrected chi connectivity index (χ1v) is 9.12. The minimum Gasteiger partial charge on any atom is -0.469 e. The number of hydrogen-bond acceptors (Lipinski definition) is 2. The summed E-state index contributed by atoms with van der Waals surface area (Å²) in [4.78, 5) is 4.82. The van der Waals surface area contributed by atoms with Crippen molar-refractivity contribution in [3.8, 4) is 0 Å². The van der Waals surface area contributed by atoms with E-state index in [1.807, 2.05) is 12.1 Å². The molecule has 4 rings (SSSR count). The summed E-state index contributed by atoms with van der Waals surface area (Å²) in [6.07, 6.45) is 14.9. The molecule has 0 aromatic carbocycles. The molecule has 3 unspecified atom stereocenters. The van der Waals surface area contributed by atoms with Crippen LogP contribution in [0.4, 0.5) is 0 Å². The zero-order valence-corrected chi connectivity index (χ0v) is 16.4. The molecular weight excluding hydrogens is 413 g/mol. The van der Waals surface area contributed by atoms with Crippen molar-refractivity contribution in [2.24, 2.45) is 16.8 Å². The Morgan fingerprint density at radius 3 is 2.71 bits per heavy atom. The maximum absolute atomic E-state index is 5.40. The molecule has 0 radical (unpaired) electrons. The van der Waals surface area contributed by atoms with Crippen LogP contribution in [0, 0.1) is 11.8 Å². The normalized spacial score (nSPS) is 29.0. The van der Waals surface area contributed by atoms with Crippen molar-refractivity contribution >= 4 is 29.9 Å². The van der Waals surface area contributed by atoms with Crippen LogP contribution in [0.15, 0.2) is 40.0 Å². The zero-order valence-electron chi connectivity index (χ0n) is 14.1. The van der Waals surface area contributed by atoms with Crippen molar-refractivity contribution in [3.63, 3.8) is 0 Å². The molecule has 2 saturated carbocycles. The summed E-state index contributed by atoms with van der Waals surface area (Å²) in [6.45, 7) is 0.768. The number of rotatable bonds is 5. The van der Waals surface area contributed by atoms with Gasteiger partial charge in [-0.15, -0.1) is 24.0 Å². The second kappa shape index (κ2) is 8.41. The van der Waals surface area contributed by atoms with Crippen molar-refractivity contribution in [3.05, 3.63) is 36.3 Å². The first-order valence-electron chi connectivity index (χ1n) is 9.12. The second-order valence-corrected chi connectivity index (χ2v) is 7.27. The molecule has 1 aromatic rings. The molecule has 3 aliphatic rings. The van der Waals surface area contributed by atoms with Crippen LogP contribution in [0.25, 0.3) is 0 Å². The third kappa shape index (κ3) is 4.35. The Morgan fingerprint density at radius 2 is 2.04 bits per heavy atom. The first-order chi connectivity index (χ1) is 11.4. The first kappa shape index (κ1) is 17.8. The highest BCUT2D eigenvalue weighted by Crippen LogP contribution is 2.44. The molecule has 1 aromatic heterocycles. The minimum atomic E-state index is 0. The minimum absolute atomic E-state index is 0. The van der Waals surface area contributed by atoms with Gasteiger partial charge in [-0.25, -0.2) is 0 Å². The maximum Gasteiger partial charge on any atom is 0.191 e. The number of nitrogens with one attached hydrogen (secondary N) is 2. The molecule has 3 aliphatic carbocycles. The van der Waals surface area contributed by atoms with Crippen LogP contribution in [0.5, 0.6) is 0 Å². The van der Waals surface area contributed by atoms with Crippen LogP contribution < -0.4 is 10.6 Å². The molecule has 0 spiro atoms. The van der Waals surface area contributed by atoms with E-state index < -0.39 is 0 Å². The summed E-state index contributed by atoms with van der Waals surface area (Å²) in [7, 11) is 0. The lowest BCUT2D eigenvalue weighted by Crippen LogP contribution is -2.48. The van der Waals surface area contributed by atoms with Gasteiger partial charge in [-0.05, 0) is 56.1 Å². The number of hydrogen-bond donors (Lipinski definition) is 2. The van der Waals surface area contributed by atoms with E-state index in [-0.39, 0.29) is 24.0 Å². The quantitative estimate of drug-likeness (QED) is 0.316. The van der Waals surface area contributed by atoms with Gasteiger partial charge in [0.05, 0.1) is 6.26 Å². The summed E-state index contributed by atoms with van der Waals surface area (Å²) in [5.74, 6) is 3.83. The molecule has 2 bridgehead atoms. The topological polar surface area (TPSA) is 49.6 Å². The molecule has 3 atom stereocenters. The van der Waals surface area contributed by atoms with E-state index >= 15 is 0 Å². The Labute approximate surface area is 161 Å². The van der Waals surface area contributed by atoms with E-state index in [4.69, 9.17) is 9.41 Å². The van der Waals surface area contributed by atoms with Crippen molar-refractivity contribution in [1.29, 1.82) is 0 Å². The van der Waals surface area contributed by atoms with Crippen LogP contribution in [0.3, 0.4) is 0 Å². The monoisotopic (exact) mass is 441 g/mol. The van der Waals surface area contributed by atoms with Gasteiger partial charge in [-0.2, -0.15) is 0 Å². The largest absolute Gasteiger partial charge is 0.469 e. The Hall–Kier alpha value is -0.980. The number of guanidine groups is 1. The van der Waals surface area contributed by atoms with Gasteiger partial charge in [0.25, 0.3) is 0 Å². The van der Waals surface area contributed by atoms with Gasteiger partial charge in [0.2, 0.25) is 0 Å². The van der Waals surface area contributed by atoms with Gasteiger partial charge in [0.1, 0.15) is 5.76 Å². The van der Waals surface area contributed by atoms with Crippen LogP contribution in [0.2, 0.25) is 0 Å². The summed E-state index contributed by atoms with van der Waals surface area (Å²) in [6, 6.07) is 5.09. The van der Waals surface area contributed by atoms with E-state index in [1.165, 1.54) is 25.7 Å².